The first-order valence-electron chi connectivity index (χ1n) is 5.43. The molecule has 0 aliphatic heterocycles. The first-order chi connectivity index (χ1) is 8.45. The zero-order valence-electron chi connectivity index (χ0n) is 9.94. The Labute approximate surface area is 103 Å². The third-order valence-corrected chi connectivity index (χ3v) is 2.40. The first-order valence-corrected chi connectivity index (χ1v) is 5.43. The normalized spacial score (nSPS) is 10.7. The molecule has 0 saturated carbocycles. The zero-order valence-corrected chi connectivity index (χ0v) is 9.94. The lowest BCUT2D eigenvalue weighted by Crippen LogP contribution is -2.37. The minimum Gasteiger partial charge on any atom is -0.507 e. The molecule has 0 saturated heterocycles. The maximum Gasteiger partial charge on any atom is 0.257 e. The number of aryl methyl sites for hydroxylation is 1. The van der Waals surface area contributed by atoms with Gasteiger partial charge in [-0.2, -0.15) is 0 Å². The average molecular weight is 259 g/mol. The SMILES string of the molecule is Cc1ccc(O)c(C(=O)N(CCO)CC(F)F)c1. The molecule has 0 aromatic heterocycles. The third-order valence-electron chi connectivity index (χ3n) is 2.40. The Morgan fingerprint density at radius 3 is 2.67 bits per heavy atom. The number of amides is 1. The molecule has 0 radical (unpaired) electrons. The fourth-order valence-electron chi connectivity index (χ4n) is 1.55. The van der Waals surface area contributed by atoms with Crippen LogP contribution in [0.2, 0.25) is 0 Å². The van der Waals surface area contributed by atoms with Crippen molar-refractivity contribution in [3.63, 3.8) is 0 Å². The van der Waals surface area contributed by atoms with Gasteiger partial charge >= 0.3 is 0 Å². The molecular weight excluding hydrogens is 244 g/mol. The Balaban J connectivity index is 2.97. The van der Waals surface area contributed by atoms with E-state index in [0.717, 1.165) is 10.5 Å². The Kier molecular flexibility index (Phi) is 5.03. The highest BCUT2D eigenvalue weighted by Gasteiger charge is 2.21. The van der Waals surface area contributed by atoms with Gasteiger partial charge in [-0.3, -0.25) is 4.79 Å². The summed E-state index contributed by atoms with van der Waals surface area (Å²) < 4.78 is 24.7. The molecule has 4 nitrogen and oxygen atoms in total. The Bertz CT molecular complexity index is 424. The number of carbonyl (C=O) groups excluding carboxylic acids is 1. The van der Waals surface area contributed by atoms with Crippen LogP contribution in [-0.2, 0) is 0 Å². The Hall–Kier alpha value is -1.69. The van der Waals surface area contributed by atoms with E-state index < -0.39 is 25.5 Å². The number of alkyl halides is 2. The molecule has 0 aliphatic rings. The summed E-state index contributed by atoms with van der Waals surface area (Å²) in [5.74, 6) is -0.978. The Morgan fingerprint density at radius 1 is 1.44 bits per heavy atom. The fourth-order valence-corrected chi connectivity index (χ4v) is 1.55. The van der Waals surface area contributed by atoms with E-state index >= 15 is 0 Å². The predicted molar refractivity (Wildman–Crippen MR) is 61.8 cm³/mol. The number of carbonyl (C=O) groups is 1. The number of benzene rings is 1. The molecule has 0 fully saturated rings. The van der Waals surface area contributed by atoms with Crippen molar-refractivity contribution < 1.29 is 23.8 Å². The largest absolute Gasteiger partial charge is 0.507 e. The molecule has 0 heterocycles. The molecule has 2 N–H and O–H groups in total. The smallest absolute Gasteiger partial charge is 0.257 e. The van der Waals surface area contributed by atoms with Gasteiger partial charge in [0.2, 0.25) is 0 Å². The van der Waals surface area contributed by atoms with E-state index in [9.17, 15) is 18.7 Å². The number of aromatic hydroxyl groups is 1. The van der Waals surface area contributed by atoms with Crippen LogP contribution in [0.4, 0.5) is 8.78 Å². The summed E-state index contributed by atoms with van der Waals surface area (Å²) in [6, 6.07) is 4.37. The maximum absolute atomic E-state index is 12.3. The molecule has 0 unspecified atom stereocenters. The van der Waals surface area contributed by atoms with Crippen LogP contribution in [0.15, 0.2) is 18.2 Å². The maximum atomic E-state index is 12.3. The van der Waals surface area contributed by atoms with Crippen LogP contribution in [0.25, 0.3) is 0 Å². The molecular formula is C12H15F2NO3. The number of rotatable bonds is 5. The molecule has 1 aromatic carbocycles. The van der Waals surface area contributed by atoms with Crippen molar-refractivity contribution in [2.75, 3.05) is 19.7 Å². The van der Waals surface area contributed by atoms with Gasteiger partial charge in [0.1, 0.15) is 5.75 Å². The second-order valence-corrected chi connectivity index (χ2v) is 3.89. The second kappa shape index (κ2) is 6.30. The van der Waals surface area contributed by atoms with E-state index in [1.54, 1.807) is 13.0 Å². The fraction of sp³-hybridized carbons (Fsp3) is 0.417. The van der Waals surface area contributed by atoms with Crippen molar-refractivity contribution in [2.45, 2.75) is 13.3 Å². The standard InChI is InChI=1S/C12H15F2NO3/c1-8-2-3-10(17)9(6-8)12(18)15(4-5-16)7-11(13)14/h2-3,6,11,16-17H,4-5,7H2,1H3. The van der Waals surface area contributed by atoms with Crippen LogP contribution < -0.4 is 0 Å². The van der Waals surface area contributed by atoms with Crippen LogP contribution in [0.5, 0.6) is 5.75 Å². The van der Waals surface area contributed by atoms with Crippen LogP contribution in [-0.4, -0.2) is 47.1 Å². The first kappa shape index (κ1) is 14.4. The van der Waals surface area contributed by atoms with E-state index in [2.05, 4.69) is 0 Å². The van der Waals surface area contributed by atoms with Gasteiger partial charge in [0, 0.05) is 6.54 Å². The lowest BCUT2D eigenvalue weighted by atomic mass is 10.1. The highest BCUT2D eigenvalue weighted by Crippen LogP contribution is 2.20. The van der Waals surface area contributed by atoms with Crippen molar-refractivity contribution in [1.29, 1.82) is 0 Å². The van der Waals surface area contributed by atoms with Gasteiger partial charge in [0.25, 0.3) is 12.3 Å². The molecule has 0 bridgehead atoms. The van der Waals surface area contributed by atoms with Gasteiger partial charge in [0.15, 0.2) is 0 Å². The van der Waals surface area contributed by atoms with Gasteiger partial charge in [-0.15, -0.1) is 0 Å². The lowest BCUT2D eigenvalue weighted by molar-refractivity contribution is 0.0506. The van der Waals surface area contributed by atoms with E-state index in [0.29, 0.717) is 0 Å². The molecule has 1 aromatic rings. The van der Waals surface area contributed by atoms with E-state index in [1.165, 1.54) is 12.1 Å². The van der Waals surface area contributed by atoms with Crippen LogP contribution in [0.1, 0.15) is 15.9 Å². The minimum absolute atomic E-state index is 0.0379. The van der Waals surface area contributed by atoms with E-state index in [1.807, 2.05) is 0 Å². The third kappa shape index (κ3) is 3.66. The number of nitrogens with zero attached hydrogens (tertiary/aromatic N) is 1. The van der Waals surface area contributed by atoms with Gasteiger partial charge in [-0.05, 0) is 19.1 Å². The number of aliphatic hydroxyl groups excluding tert-OH is 1. The molecule has 0 spiro atoms. The van der Waals surface area contributed by atoms with Crippen molar-refractivity contribution >= 4 is 5.91 Å². The summed E-state index contributed by atoms with van der Waals surface area (Å²) in [7, 11) is 0. The number of phenols is 1. The summed E-state index contributed by atoms with van der Waals surface area (Å²) in [5.41, 5.74) is 0.696. The molecule has 1 amide bonds. The van der Waals surface area contributed by atoms with E-state index in [4.69, 9.17) is 5.11 Å². The van der Waals surface area contributed by atoms with Crippen molar-refractivity contribution in [2.24, 2.45) is 0 Å². The predicted octanol–water partition coefficient (Wildman–Crippen LogP) is 1.40. The van der Waals surface area contributed by atoms with Gasteiger partial charge in [0.05, 0.1) is 18.7 Å². The van der Waals surface area contributed by atoms with Crippen LogP contribution >= 0.6 is 0 Å². The van der Waals surface area contributed by atoms with E-state index in [-0.39, 0.29) is 17.9 Å². The minimum atomic E-state index is -2.69. The number of hydrogen-bond acceptors (Lipinski definition) is 3. The van der Waals surface area contributed by atoms with Crippen LogP contribution in [0, 0.1) is 6.92 Å². The summed E-state index contributed by atoms with van der Waals surface area (Å²) in [6.45, 7) is 0.341. The monoisotopic (exact) mass is 259 g/mol. The molecule has 1 rings (SSSR count). The average Bonchev–Trinajstić information content (AvgIpc) is 2.30. The van der Waals surface area contributed by atoms with Crippen LogP contribution in [0.3, 0.4) is 0 Å². The number of phenolic OH excluding ortho intramolecular Hbond substituents is 1. The van der Waals surface area contributed by atoms with Crippen molar-refractivity contribution in [1.82, 2.24) is 4.90 Å². The van der Waals surface area contributed by atoms with Crippen molar-refractivity contribution in [3.05, 3.63) is 29.3 Å². The molecule has 100 valence electrons. The number of aliphatic hydroxyl groups is 1. The summed E-state index contributed by atoms with van der Waals surface area (Å²) in [4.78, 5) is 12.8. The van der Waals surface area contributed by atoms with Gasteiger partial charge in [-0.25, -0.2) is 8.78 Å². The molecule has 0 aliphatic carbocycles. The molecule has 18 heavy (non-hydrogen) atoms. The van der Waals surface area contributed by atoms with Gasteiger partial charge in [-0.1, -0.05) is 11.6 Å². The molecule has 6 heteroatoms. The number of hydrogen-bond donors (Lipinski definition) is 2. The lowest BCUT2D eigenvalue weighted by Gasteiger charge is -2.21. The van der Waals surface area contributed by atoms with Gasteiger partial charge < -0.3 is 15.1 Å². The quantitative estimate of drug-likeness (QED) is 0.840. The highest BCUT2D eigenvalue weighted by molar-refractivity contribution is 5.97. The topological polar surface area (TPSA) is 60.8 Å². The second-order valence-electron chi connectivity index (χ2n) is 3.89. The molecule has 0 atom stereocenters. The highest BCUT2D eigenvalue weighted by atomic mass is 19.3. The number of halogens is 2. The summed E-state index contributed by atoms with van der Waals surface area (Å²) >= 11 is 0. The van der Waals surface area contributed by atoms with Crippen molar-refractivity contribution in [3.8, 4) is 5.75 Å². The summed E-state index contributed by atoms with van der Waals surface area (Å²) in [6.07, 6.45) is -2.69. The summed E-state index contributed by atoms with van der Waals surface area (Å²) in [5, 5.41) is 18.3. The Morgan fingerprint density at radius 2 is 2.11 bits per heavy atom. The zero-order chi connectivity index (χ0) is 13.7.